The highest BCUT2D eigenvalue weighted by molar-refractivity contribution is 7.17. The number of halogens is 1. The lowest BCUT2D eigenvalue weighted by molar-refractivity contribution is 0.0943. The van der Waals surface area contributed by atoms with Gasteiger partial charge in [-0.2, -0.15) is 0 Å². The zero-order chi connectivity index (χ0) is 17.1. The van der Waals surface area contributed by atoms with Gasteiger partial charge >= 0.3 is 0 Å². The van der Waals surface area contributed by atoms with Crippen LogP contribution in [0.4, 0.5) is 4.39 Å². The first-order chi connectivity index (χ1) is 11.5. The van der Waals surface area contributed by atoms with Gasteiger partial charge in [0.25, 0.3) is 5.91 Å². The van der Waals surface area contributed by atoms with Crippen LogP contribution in [0.5, 0.6) is 0 Å². The Kier molecular flexibility index (Phi) is 5.00. The van der Waals surface area contributed by atoms with Crippen molar-refractivity contribution in [3.05, 3.63) is 58.9 Å². The summed E-state index contributed by atoms with van der Waals surface area (Å²) in [4.78, 5) is 12.6. The number of thiophene rings is 1. The molecule has 0 aliphatic rings. The van der Waals surface area contributed by atoms with Crippen LogP contribution in [0.2, 0.25) is 0 Å². The minimum Gasteiger partial charge on any atom is -0.351 e. The molecule has 0 radical (unpaired) electrons. The van der Waals surface area contributed by atoms with Crippen molar-refractivity contribution in [3.8, 4) is 0 Å². The molecule has 0 aliphatic carbocycles. The van der Waals surface area contributed by atoms with Crippen LogP contribution in [-0.4, -0.2) is 17.0 Å². The van der Waals surface area contributed by atoms with Crippen LogP contribution in [0.3, 0.4) is 0 Å². The Balaban J connectivity index is 1.86. The highest BCUT2D eigenvalue weighted by Crippen LogP contribution is 2.26. The van der Waals surface area contributed by atoms with Crippen molar-refractivity contribution >= 4 is 27.5 Å². The summed E-state index contributed by atoms with van der Waals surface area (Å²) >= 11 is 1.62. The molecule has 1 amide bonds. The number of carbonyl (C=O) groups excluding carboxylic acids is 1. The molecule has 3 rings (SSSR count). The van der Waals surface area contributed by atoms with Gasteiger partial charge in [-0.3, -0.25) is 4.79 Å². The molecular formula is C19H21FN2OS. The standard InChI is InChI=1S/C19H21FN2OS/c1-13(2)7-9-21-19(23)17-11-18-16(8-10-24-18)22(17)12-14-3-5-15(20)6-4-14/h3-6,8,10-11,13H,7,9,12H2,1-2H3,(H,21,23). The summed E-state index contributed by atoms with van der Waals surface area (Å²) in [7, 11) is 0. The predicted molar refractivity (Wildman–Crippen MR) is 97.1 cm³/mol. The molecule has 0 atom stereocenters. The molecule has 0 bridgehead atoms. The normalized spacial score (nSPS) is 11.3. The van der Waals surface area contributed by atoms with E-state index in [1.54, 1.807) is 23.5 Å². The number of hydrogen-bond acceptors (Lipinski definition) is 2. The van der Waals surface area contributed by atoms with E-state index >= 15 is 0 Å². The smallest absolute Gasteiger partial charge is 0.267 e. The number of aromatic nitrogens is 1. The van der Waals surface area contributed by atoms with Crippen LogP contribution in [-0.2, 0) is 6.54 Å². The van der Waals surface area contributed by atoms with Gasteiger partial charge in [0.1, 0.15) is 11.5 Å². The molecular weight excluding hydrogens is 323 g/mol. The molecule has 0 aliphatic heterocycles. The zero-order valence-corrected chi connectivity index (χ0v) is 14.7. The lowest BCUT2D eigenvalue weighted by Gasteiger charge is -2.12. The average Bonchev–Trinajstić information content (AvgIpc) is 3.11. The molecule has 2 heterocycles. The molecule has 0 spiro atoms. The van der Waals surface area contributed by atoms with Crippen molar-refractivity contribution in [1.29, 1.82) is 0 Å². The molecule has 0 fully saturated rings. The monoisotopic (exact) mass is 344 g/mol. The van der Waals surface area contributed by atoms with Crippen LogP contribution >= 0.6 is 11.3 Å². The van der Waals surface area contributed by atoms with Crippen molar-refractivity contribution in [2.45, 2.75) is 26.8 Å². The van der Waals surface area contributed by atoms with Crippen LogP contribution in [0, 0.1) is 11.7 Å². The van der Waals surface area contributed by atoms with Crippen molar-refractivity contribution in [3.63, 3.8) is 0 Å². The SMILES string of the molecule is CC(C)CCNC(=O)c1cc2sccc2n1Cc1ccc(F)cc1. The first kappa shape index (κ1) is 16.7. The number of amides is 1. The second-order valence-corrected chi connectivity index (χ2v) is 7.30. The molecule has 0 unspecified atom stereocenters. The van der Waals surface area contributed by atoms with E-state index in [2.05, 4.69) is 19.2 Å². The third kappa shape index (κ3) is 3.67. The molecule has 5 heteroatoms. The Bertz CT molecular complexity index is 833. The molecule has 1 N–H and O–H groups in total. The lowest BCUT2D eigenvalue weighted by atomic mass is 10.1. The second kappa shape index (κ2) is 7.18. The largest absolute Gasteiger partial charge is 0.351 e. The van der Waals surface area contributed by atoms with Gasteiger partial charge < -0.3 is 9.88 Å². The van der Waals surface area contributed by atoms with Gasteiger partial charge in [-0.15, -0.1) is 11.3 Å². The Hall–Kier alpha value is -2.14. The van der Waals surface area contributed by atoms with E-state index in [4.69, 9.17) is 0 Å². The first-order valence-corrected chi connectivity index (χ1v) is 9.02. The van der Waals surface area contributed by atoms with Gasteiger partial charge in [-0.1, -0.05) is 26.0 Å². The highest BCUT2D eigenvalue weighted by atomic mass is 32.1. The Morgan fingerprint density at radius 3 is 2.71 bits per heavy atom. The fourth-order valence-corrected chi connectivity index (χ4v) is 3.50. The second-order valence-electron chi connectivity index (χ2n) is 6.35. The zero-order valence-electron chi connectivity index (χ0n) is 13.9. The number of nitrogens with one attached hydrogen (secondary N) is 1. The Morgan fingerprint density at radius 1 is 1.25 bits per heavy atom. The van der Waals surface area contributed by atoms with Crippen LogP contribution in [0.1, 0.15) is 36.3 Å². The average molecular weight is 344 g/mol. The number of benzene rings is 1. The molecule has 3 nitrogen and oxygen atoms in total. The van der Waals surface area contributed by atoms with Gasteiger partial charge in [0.05, 0.1) is 10.2 Å². The van der Waals surface area contributed by atoms with E-state index in [-0.39, 0.29) is 11.7 Å². The van der Waals surface area contributed by atoms with Crippen LogP contribution < -0.4 is 5.32 Å². The van der Waals surface area contributed by atoms with Gasteiger partial charge in [0.2, 0.25) is 0 Å². The van der Waals surface area contributed by atoms with E-state index in [0.29, 0.717) is 24.7 Å². The predicted octanol–water partition coefficient (Wildman–Crippen LogP) is 4.67. The Labute approximate surface area is 145 Å². The first-order valence-electron chi connectivity index (χ1n) is 8.14. The van der Waals surface area contributed by atoms with E-state index in [1.807, 2.05) is 22.1 Å². The summed E-state index contributed by atoms with van der Waals surface area (Å²) < 4.78 is 16.2. The number of fused-ring (bicyclic) bond motifs is 1. The third-order valence-corrected chi connectivity index (χ3v) is 4.87. The molecule has 1 aromatic carbocycles. The van der Waals surface area contributed by atoms with Crippen LogP contribution in [0.25, 0.3) is 10.2 Å². The van der Waals surface area contributed by atoms with Gasteiger partial charge in [0, 0.05) is 13.1 Å². The number of nitrogens with zero attached hydrogens (tertiary/aromatic N) is 1. The van der Waals surface area contributed by atoms with Crippen molar-refractivity contribution in [2.24, 2.45) is 5.92 Å². The van der Waals surface area contributed by atoms with Gasteiger partial charge in [-0.05, 0) is 47.5 Å². The molecule has 3 aromatic rings. The molecule has 24 heavy (non-hydrogen) atoms. The summed E-state index contributed by atoms with van der Waals surface area (Å²) in [5.41, 5.74) is 2.67. The van der Waals surface area contributed by atoms with Crippen LogP contribution in [0.15, 0.2) is 41.8 Å². The summed E-state index contributed by atoms with van der Waals surface area (Å²) in [6.07, 6.45) is 0.957. The highest BCUT2D eigenvalue weighted by Gasteiger charge is 2.16. The summed E-state index contributed by atoms with van der Waals surface area (Å²) in [5.74, 6) is 0.250. The summed E-state index contributed by atoms with van der Waals surface area (Å²) in [6.45, 7) is 5.50. The molecule has 0 saturated heterocycles. The maximum Gasteiger partial charge on any atom is 0.267 e. The minimum atomic E-state index is -0.251. The maximum atomic E-state index is 13.1. The van der Waals surface area contributed by atoms with E-state index in [9.17, 15) is 9.18 Å². The molecule has 2 aromatic heterocycles. The quantitative estimate of drug-likeness (QED) is 0.693. The fourth-order valence-electron chi connectivity index (χ4n) is 2.67. The third-order valence-electron chi connectivity index (χ3n) is 4.02. The number of hydrogen-bond donors (Lipinski definition) is 1. The maximum absolute atomic E-state index is 13.1. The fraction of sp³-hybridized carbons (Fsp3) is 0.316. The van der Waals surface area contributed by atoms with E-state index < -0.39 is 0 Å². The minimum absolute atomic E-state index is 0.0545. The summed E-state index contributed by atoms with van der Waals surface area (Å²) in [5, 5.41) is 5.02. The van der Waals surface area contributed by atoms with Gasteiger partial charge in [0.15, 0.2) is 0 Å². The summed E-state index contributed by atoms with van der Waals surface area (Å²) in [6, 6.07) is 10.4. The molecule has 126 valence electrons. The number of rotatable bonds is 6. The lowest BCUT2D eigenvalue weighted by Crippen LogP contribution is -2.27. The Morgan fingerprint density at radius 2 is 2.00 bits per heavy atom. The van der Waals surface area contributed by atoms with E-state index in [0.717, 1.165) is 22.2 Å². The topological polar surface area (TPSA) is 34.0 Å². The van der Waals surface area contributed by atoms with Crippen molar-refractivity contribution in [2.75, 3.05) is 6.54 Å². The molecule has 0 saturated carbocycles. The van der Waals surface area contributed by atoms with E-state index in [1.165, 1.54) is 12.1 Å². The van der Waals surface area contributed by atoms with Gasteiger partial charge in [-0.25, -0.2) is 4.39 Å². The number of carbonyl (C=O) groups is 1. The van der Waals surface area contributed by atoms with Crippen molar-refractivity contribution < 1.29 is 9.18 Å². The van der Waals surface area contributed by atoms with Crippen molar-refractivity contribution in [1.82, 2.24) is 9.88 Å².